The van der Waals surface area contributed by atoms with E-state index in [9.17, 15) is 9.59 Å². The van der Waals surface area contributed by atoms with Crippen LogP contribution in [0.25, 0.3) is 10.9 Å². The summed E-state index contributed by atoms with van der Waals surface area (Å²) in [7, 11) is 0. The Balaban J connectivity index is 1.81. The van der Waals surface area contributed by atoms with Crippen LogP contribution in [0.15, 0.2) is 22.7 Å². The van der Waals surface area contributed by atoms with Crippen molar-refractivity contribution >= 4 is 44.5 Å². The second kappa shape index (κ2) is 6.29. The van der Waals surface area contributed by atoms with Crippen LogP contribution in [0.1, 0.15) is 13.3 Å². The number of aliphatic hydroxyl groups is 1. The van der Waals surface area contributed by atoms with Gasteiger partial charge in [-0.1, -0.05) is 15.9 Å². The van der Waals surface area contributed by atoms with Crippen LogP contribution in [-0.2, 0) is 9.59 Å². The van der Waals surface area contributed by atoms with Crippen LogP contribution < -0.4 is 10.2 Å². The fourth-order valence-corrected chi connectivity index (χ4v) is 3.04. The van der Waals surface area contributed by atoms with Gasteiger partial charge in [-0.2, -0.15) is 5.10 Å². The molecule has 7 nitrogen and oxygen atoms in total. The highest BCUT2D eigenvalue weighted by molar-refractivity contribution is 9.10. The standard InChI is InChI=1S/C15H17BrN4O3/c1-8(7-21)17-15(23)9-4-13(22)20(6-9)14-11-3-2-10(16)5-12(11)18-19-14/h2-3,5,8-9,21H,4,6-7H2,1H3,(H,17,23)(H,18,19)/t8-,9?/m0/s1. The Morgan fingerprint density at radius 2 is 2.39 bits per heavy atom. The molecule has 3 rings (SSSR count). The third-order valence-corrected chi connectivity index (χ3v) is 4.41. The van der Waals surface area contributed by atoms with E-state index in [1.165, 1.54) is 0 Å². The monoisotopic (exact) mass is 380 g/mol. The SMILES string of the molecule is C[C@@H](CO)NC(=O)C1CC(=O)N(c2n[nH]c3cc(Br)ccc23)C1. The number of fused-ring (bicyclic) bond motifs is 1. The molecule has 0 radical (unpaired) electrons. The molecule has 2 aromatic rings. The number of halogens is 1. The lowest BCUT2D eigenvalue weighted by Crippen LogP contribution is -2.40. The van der Waals surface area contributed by atoms with Crippen LogP contribution in [-0.4, -0.2) is 46.3 Å². The van der Waals surface area contributed by atoms with Crippen molar-refractivity contribution in [2.45, 2.75) is 19.4 Å². The van der Waals surface area contributed by atoms with Gasteiger partial charge in [-0.05, 0) is 25.1 Å². The summed E-state index contributed by atoms with van der Waals surface area (Å²) in [6, 6.07) is 5.33. The molecule has 3 N–H and O–H groups in total. The normalized spacial score (nSPS) is 19.3. The zero-order chi connectivity index (χ0) is 16.6. The van der Waals surface area contributed by atoms with E-state index in [1.54, 1.807) is 11.8 Å². The summed E-state index contributed by atoms with van der Waals surface area (Å²) in [4.78, 5) is 26.0. The molecule has 1 aromatic heterocycles. The Morgan fingerprint density at radius 3 is 3.13 bits per heavy atom. The Labute approximate surface area is 141 Å². The molecule has 122 valence electrons. The first kappa shape index (κ1) is 15.9. The number of anilines is 1. The van der Waals surface area contributed by atoms with Gasteiger partial charge in [0.25, 0.3) is 0 Å². The molecular formula is C15H17BrN4O3. The number of hydrogen-bond donors (Lipinski definition) is 3. The number of rotatable bonds is 4. The zero-order valence-electron chi connectivity index (χ0n) is 12.5. The van der Waals surface area contributed by atoms with E-state index in [1.807, 2.05) is 18.2 Å². The predicted octanol–water partition coefficient (Wildman–Crippen LogP) is 1.18. The molecule has 1 unspecified atom stereocenters. The van der Waals surface area contributed by atoms with Gasteiger partial charge in [0.15, 0.2) is 5.82 Å². The van der Waals surface area contributed by atoms with E-state index in [0.717, 1.165) is 15.4 Å². The maximum Gasteiger partial charge on any atom is 0.229 e. The molecule has 0 spiro atoms. The number of nitrogens with zero attached hydrogens (tertiary/aromatic N) is 2. The molecule has 0 bridgehead atoms. The quantitative estimate of drug-likeness (QED) is 0.741. The van der Waals surface area contributed by atoms with Crippen LogP contribution in [0.2, 0.25) is 0 Å². The smallest absolute Gasteiger partial charge is 0.229 e. The molecule has 1 aromatic carbocycles. The minimum absolute atomic E-state index is 0.127. The summed E-state index contributed by atoms with van der Waals surface area (Å²) in [5.41, 5.74) is 0.823. The van der Waals surface area contributed by atoms with E-state index < -0.39 is 5.92 Å². The van der Waals surface area contributed by atoms with Crippen LogP contribution >= 0.6 is 15.9 Å². The lowest BCUT2D eigenvalue weighted by atomic mass is 10.1. The number of carbonyl (C=O) groups is 2. The fraction of sp³-hybridized carbons (Fsp3) is 0.400. The number of H-pyrrole nitrogens is 1. The molecule has 1 fully saturated rings. The third-order valence-electron chi connectivity index (χ3n) is 3.92. The van der Waals surface area contributed by atoms with Crippen LogP contribution in [0, 0.1) is 5.92 Å². The van der Waals surface area contributed by atoms with Gasteiger partial charge in [-0.25, -0.2) is 0 Å². The van der Waals surface area contributed by atoms with Gasteiger partial charge in [0, 0.05) is 28.9 Å². The van der Waals surface area contributed by atoms with E-state index in [2.05, 4.69) is 31.4 Å². The van der Waals surface area contributed by atoms with Crippen LogP contribution in [0.3, 0.4) is 0 Å². The topological polar surface area (TPSA) is 98.3 Å². The number of amides is 2. The summed E-state index contributed by atoms with van der Waals surface area (Å²) < 4.78 is 0.920. The second-order valence-electron chi connectivity index (χ2n) is 5.73. The second-order valence-corrected chi connectivity index (χ2v) is 6.65. The Bertz CT molecular complexity index is 760. The van der Waals surface area contributed by atoms with Gasteiger partial charge < -0.3 is 10.4 Å². The fourth-order valence-electron chi connectivity index (χ4n) is 2.68. The van der Waals surface area contributed by atoms with Crippen molar-refractivity contribution in [2.75, 3.05) is 18.1 Å². The molecule has 2 amide bonds. The maximum absolute atomic E-state index is 12.3. The summed E-state index contributed by atoms with van der Waals surface area (Å²) in [6.07, 6.45) is 0.148. The number of carbonyl (C=O) groups excluding carboxylic acids is 2. The molecule has 1 aliphatic heterocycles. The van der Waals surface area contributed by atoms with Gasteiger partial charge in [-0.15, -0.1) is 0 Å². The van der Waals surface area contributed by atoms with Crippen molar-refractivity contribution in [3.05, 3.63) is 22.7 Å². The molecule has 1 aliphatic rings. The maximum atomic E-state index is 12.3. The zero-order valence-corrected chi connectivity index (χ0v) is 14.1. The number of benzene rings is 1. The van der Waals surface area contributed by atoms with Gasteiger partial charge in [0.1, 0.15) is 0 Å². The molecule has 0 aliphatic carbocycles. The highest BCUT2D eigenvalue weighted by atomic mass is 79.9. The number of aromatic amines is 1. The molecule has 1 saturated heterocycles. The van der Waals surface area contributed by atoms with Gasteiger partial charge >= 0.3 is 0 Å². The average molecular weight is 381 g/mol. The first-order valence-corrected chi connectivity index (χ1v) is 8.14. The average Bonchev–Trinajstić information content (AvgIpc) is 3.09. The van der Waals surface area contributed by atoms with Gasteiger partial charge in [-0.3, -0.25) is 19.6 Å². The minimum Gasteiger partial charge on any atom is -0.394 e. The minimum atomic E-state index is -0.432. The lowest BCUT2D eigenvalue weighted by molar-refractivity contribution is -0.127. The van der Waals surface area contributed by atoms with Crippen molar-refractivity contribution < 1.29 is 14.7 Å². The Morgan fingerprint density at radius 1 is 1.61 bits per heavy atom. The van der Waals surface area contributed by atoms with Crippen molar-refractivity contribution in [1.29, 1.82) is 0 Å². The van der Waals surface area contributed by atoms with Crippen LogP contribution in [0.4, 0.5) is 5.82 Å². The number of hydrogen-bond acceptors (Lipinski definition) is 4. The predicted molar refractivity (Wildman–Crippen MR) is 88.9 cm³/mol. The number of nitrogens with one attached hydrogen (secondary N) is 2. The molecular weight excluding hydrogens is 364 g/mol. The Hall–Kier alpha value is -1.93. The lowest BCUT2D eigenvalue weighted by Gasteiger charge is -2.16. The molecule has 2 atom stereocenters. The van der Waals surface area contributed by atoms with Crippen molar-refractivity contribution in [3.63, 3.8) is 0 Å². The summed E-state index contributed by atoms with van der Waals surface area (Å²) in [5, 5.41) is 19.7. The van der Waals surface area contributed by atoms with E-state index in [4.69, 9.17) is 5.11 Å². The molecule has 0 saturated carbocycles. The highest BCUT2D eigenvalue weighted by Crippen LogP contribution is 2.31. The summed E-state index contributed by atoms with van der Waals surface area (Å²) in [6.45, 7) is 1.87. The van der Waals surface area contributed by atoms with Gasteiger partial charge in [0.2, 0.25) is 11.8 Å². The van der Waals surface area contributed by atoms with Gasteiger partial charge in [0.05, 0.1) is 18.0 Å². The molecule has 8 heteroatoms. The molecule has 2 heterocycles. The van der Waals surface area contributed by atoms with Crippen molar-refractivity contribution in [2.24, 2.45) is 5.92 Å². The molecule has 23 heavy (non-hydrogen) atoms. The number of aliphatic hydroxyl groups excluding tert-OH is 1. The van der Waals surface area contributed by atoms with E-state index in [-0.39, 0.29) is 30.9 Å². The Kier molecular flexibility index (Phi) is 4.36. The first-order valence-electron chi connectivity index (χ1n) is 7.35. The van der Waals surface area contributed by atoms with Crippen molar-refractivity contribution in [1.82, 2.24) is 15.5 Å². The van der Waals surface area contributed by atoms with E-state index in [0.29, 0.717) is 12.4 Å². The van der Waals surface area contributed by atoms with Crippen LogP contribution in [0.5, 0.6) is 0 Å². The number of aromatic nitrogens is 2. The largest absolute Gasteiger partial charge is 0.394 e. The van der Waals surface area contributed by atoms with Crippen molar-refractivity contribution in [3.8, 4) is 0 Å². The first-order chi connectivity index (χ1) is 11.0. The highest BCUT2D eigenvalue weighted by Gasteiger charge is 2.37. The third kappa shape index (κ3) is 3.09. The van der Waals surface area contributed by atoms with E-state index >= 15 is 0 Å². The summed E-state index contributed by atoms with van der Waals surface area (Å²) in [5.74, 6) is -0.232. The summed E-state index contributed by atoms with van der Waals surface area (Å²) >= 11 is 3.39.